The summed E-state index contributed by atoms with van der Waals surface area (Å²) >= 11 is 5.86. The van der Waals surface area contributed by atoms with Crippen LogP contribution in [-0.4, -0.2) is 22.3 Å². The van der Waals surface area contributed by atoms with Gasteiger partial charge >= 0.3 is 5.97 Å². The summed E-state index contributed by atoms with van der Waals surface area (Å²) in [7, 11) is 0. The third-order valence-corrected chi connectivity index (χ3v) is 4.21. The zero-order chi connectivity index (χ0) is 15.5. The third kappa shape index (κ3) is 3.09. The second-order valence-electron chi connectivity index (χ2n) is 5.53. The summed E-state index contributed by atoms with van der Waals surface area (Å²) in [4.78, 5) is 11.6. The number of carboxylic acids is 1. The highest BCUT2D eigenvalue weighted by molar-refractivity contribution is 6.30. The summed E-state index contributed by atoms with van der Waals surface area (Å²) in [5.41, 5.74) is 0.721. The molecule has 22 heavy (non-hydrogen) atoms. The SMILES string of the molecule is O=C(O)c1c(NC2CCCCC2)noc1-c1ccc(Cl)cc1. The highest BCUT2D eigenvalue weighted by Gasteiger charge is 2.26. The standard InChI is InChI=1S/C16H17ClN2O3/c17-11-8-6-10(7-9-11)14-13(16(20)21)15(19-22-14)18-12-4-2-1-3-5-12/h6-9,12H,1-5H2,(H,18,19)(H,20,21). The number of aromatic carboxylic acids is 1. The molecule has 0 saturated heterocycles. The number of nitrogens with zero attached hydrogens (tertiary/aromatic N) is 1. The minimum atomic E-state index is -1.05. The predicted molar refractivity (Wildman–Crippen MR) is 84.4 cm³/mol. The monoisotopic (exact) mass is 320 g/mol. The molecule has 1 aromatic heterocycles. The largest absolute Gasteiger partial charge is 0.477 e. The number of anilines is 1. The van der Waals surface area contributed by atoms with Crippen LogP contribution in [-0.2, 0) is 0 Å². The zero-order valence-electron chi connectivity index (χ0n) is 12.0. The summed E-state index contributed by atoms with van der Waals surface area (Å²) in [6.45, 7) is 0. The molecule has 0 unspecified atom stereocenters. The molecule has 1 fully saturated rings. The van der Waals surface area contributed by atoms with Crippen LogP contribution in [0.25, 0.3) is 11.3 Å². The molecule has 1 saturated carbocycles. The maximum atomic E-state index is 11.6. The average Bonchev–Trinajstić information content (AvgIpc) is 2.93. The molecule has 0 amide bonds. The molecule has 6 heteroatoms. The highest BCUT2D eigenvalue weighted by atomic mass is 35.5. The lowest BCUT2D eigenvalue weighted by atomic mass is 9.95. The molecule has 0 spiro atoms. The van der Waals surface area contributed by atoms with Gasteiger partial charge in [0, 0.05) is 16.6 Å². The quantitative estimate of drug-likeness (QED) is 0.871. The van der Waals surface area contributed by atoms with E-state index in [-0.39, 0.29) is 17.4 Å². The molecule has 1 aromatic carbocycles. The average molecular weight is 321 g/mol. The Morgan fingerprint density at radius 3 is 2.55 bits per heavy atom. The van der Waals surface area contributed by atoms with Crippen LogP contribution in [0.3, 0.4) is 0 Å². The lowest BCUT2D eigenvalue weighted by Gasteiger charge is -2.22. The topological polar surface area (TPSA) is 75.4 Å². The van der Waals surface area contributed by atoms with Crippen molar-refractivity contribution in [2.75, 3.05) is 5.32 Å². The second-order valence-corrected chi connectivity index (χ2v) is 5.96. The molecule has 3 rings (SSSR count). The Kier molecular flexibility index (Phi) is 4.34. The lowest BCUT2D eigenvalue weighted by Crippen LogP contribution is -2.23. The Morgan fingerprint density at radius 2 is 1.91 bits per heavy atom. The lowest BCUT2D eigenvalue weighted by molar-refractivity contribution is 0.0698. The van der Waals surface area contributed by atoms with Crippen LogP contribution in [0.4, 0.5) is 5.82 Å². The van der Waals surface area contributed by atoms with E-state index in [1.165, 1.54) is 6.42 Å². The van der Waals surface area contributed by atoms with Gasteiger partial charge in [-0.3, -0.25) is 0 Å². The maximum Gasteiger partial charge on any atom is 0.343 e. The Bertz CT molecular complexity index is 661. The fraction of sp³-hybridized carbons (Fsp3) is 0.375. The van der Waals surface area contributed by atoms with Crippen molar-refractivity contribution in [1.82, 2.24) is 5.16 Å². The molecular formula is C16H17ClN2O3. The van der Waals surface area contributed by atoms with Crippen molar-refractivity contribution >= 4 is 23.4 Å². The molecule has 5 nitrogen and oxygen atoms in total. The van der Waals surface area contributed by atoms with Crippen LogP contribution < -0.4 is 5.32 Å². The molecule has 2 N–H and O–H groups in total. The minimum absolute atomic E-state index is 0.0768. The summed E-state index contributed by atoms with van der Waals surface area (Å²) in [6, 6.07) is 7.09. The van der Waals surface area contributed by atoms with Crippen molar-refractivity contribution in [1.29, 1.82) is 0 Å². The molecule has 2 aromatic rings. The Balaban J connectivity index is 1.91. The van der Waals surface area contributed by atoms with Gasteiger partial charge in [-0.05, 0) is 37.1 Å². The number of halogens is 1. The van der Waals surface area contributed by atoms with Crippen molar-refractivity contribution in [3.63, 3.8) is 0 Å². The summed E-state index contributed by atoms with van der Waals surface area (Å²) in [5, 5.41) is 17.2. The summed E-state index contributed by atoms with van der Waals surface area (Å²) in [5.74, 6) is -0.490. The third-order valence-electron chi connectivity index (χ3n) is 3.96. The van der Waals surface area contributed by atoms with E-state index in [4.69, 9.17) is 16.1 Å². The van der Waals surface area contributed by atoms with Crippen molar-refractivity contribution in [3.05, 3.63) is 34.9 Å². The molecule has 1 aliphatic rings. The highest BCUT2D eigenvalue weighted by Crippen LogP contribution is 2.31. The first-order valence-corrected chi connectivity index (χ1v) is 7.78. The van der Waals surface area contributed by atoms with Gasteiger partial charge in [0.2, 0.25) is 0 Å². The number of aromatic nitrogens is 1. The smallest absolute Gasteiger partial charge is 0.343 e. The van der Waals surface area contributed by atoms with E-state index in [1.54, 1.807) is 24.3 Å². The fourth-order valence-electron chi connectivity index (χ4n) is 2.83. The molecule has 0 aliphatic heterocycles. The first-order chi connectivity index (χ1) is 10.6. The van der Waals surface area contributed by atoms with E-state index in [0.717, 1.165) is 25.7 Å². The number of hydrogen-bond acceptors (Lipinski definition) is 4. The van der Waals surface area contributed by atoms with Gasteiger partial charge in [0.1, 0.15) is 0 Å². The van der Waals surface area contributed by atoms with Gasteiger partial charge in [0.05, 0.1) is 0 Å². The number of benzene rings is 1. The molecule has 0 bridgehead atoms. The van der Waals surface area contributed by atoms with Crippen LogP contribution in [0.5, 0.6) is 0 Å². The molecule has 1 heterocycles. The molecule has 0 radical (unpaired) electrons. The van der Waals surface area contributed by atoms with Crippen LogP contribution >= 0.6 is 11.6 Å². The second kappa shape index (κ2) is 6.40. The van der Waals surface area contributed by atoms with Gasteiger partial charge in [-0.25, -0.2) is 4.79 Å². The first kappa shape index (κ1) is 14.9. The molecule has 1 aliphatic carbocycles. The Labute approximate surface area is 133 Å². The minimum Gasteiger partial charge on any atom is -0.477 e. The number of nitrogens with one attached hydrogen (secondary N) is 1. The van der Waals surface area contributed by atoms with Gasteiger partial charge in [-0.1, -0.05) is 36.0 Å². The van der Waals surface area contributed by atoms with Gasteiger partial charge in [0.15, 0.2) is 17.1 Å². The number of hydrogen-bond donors (Lipinski definition) is 2. The fourth-order valence-corrected chi connectivity index (χ4v) is 2.95. The van der Waals surface area contributed by atoms with E-state index in [0.29, 0.717) is 16.4 Å². The van der Waals surface area contributed by atoms with Crippen molar-refractivity contribution < 1.29 is 14.4 Å². The van der Waals surface area contributed by atoms with Crippen molar-refractivity contribution in [2.45, 2.75) is 38.1 Å². The van der Waals surface area contributed by atoms with Gasteiger partial charge in [-0.15, -0.1) is 0 Å². The zero-order valence-corrected chi connectivity index (χ0v) is 12.8. The first-order valence-electron chi connectivity index (χ1n) is 7.40. The summed E-state index contributed by atoms with van der Waals surface area (Å²) in [6.07, 6.45) is 5.60. The Hall–Kier alpha value is -2.01. The van der Waals surface area contributed by atoms with Crippen LogP contribution in [0.15, 0.2) is 28.8 Å². The maximum absolute atomic E-state index is 11.6. The molecular weight excluding hydrogens is 304 g/mol. The van der Waals surface area contributed by atoms with Crippen molar-refractivity contribution in [3.8, 4) is 11.3 Å². The van der Waals surface area contributed by atoms with E-state index in [9.17, 15) is 9.90 Å². The van der Waals surface area contributed by atoms with Gasteiger partial charge < -0.3 is 14.9 Å². The van der Waals surface area contributed by atoms with Crippen molar-refractivity contribution in [2.24, 2.45) is 0 Å². The van der Waals surface area contributed by atoms with Gasteiger partial charge in [-0.2, -0.15) is 0 Å². The molecule has 0 atom stereocenters. The van der Waals surface area contributed by atoms with Crippen LogP contribution in [0, 0.1) is 0 Å². The number of carboxylic acid groups (broad SMARTS) is 1. The predicted octanol–water partition coefficient (Wildman–Crippen LogP) is 4.44. The Morgan fingerprint density at radius 1 is 1.23 bits per heavy atom. The normalized spacial score (nSPS) is 15.7. The van der Waals surface area contributed by atoms with E-state index in [2.05, 4.69) is 10.5 Å². The van der Waals surface area contributed by atoms with Gasteiger partial charge in [0.25, 0.3) is 0 Å². The van der Waals surface area contributed by atoms with Crippen LogP contribution in [0.2, 0.25) is 5.02 Å². The van der Waals surface area contributed by atoms with E-state index >= 15 is 0 Å². The number of rotatable bonds is 4. The van der Waals surface area contributed by atoms with E-state index in [1.807, 2.05) is 0 Å². The summed E-state index contributed by atoms with van der Waals surface area (Å²) < 4.78 is 5.29. The van der Waals surface area contributed by atoms with Crippen LogP contribution in [0.1, 0.15) is 42.5 Å². The van der Waals surface area contributed by atoms with E-state index < -0.39 is 5.97 Å². The number of carbonyl (C=O) groups is 1. The molecule has 116 valence electrons.